The Morgan fingerprint density at radius 1 is 1.31 bits per heavy atom. The Labute approximate surface area is 173 Å². The summed E-state index contributed by atoms with van der Waals surface area (Å²) in [4.78, 5) is 15.0. The highest BCUT2D eigenvalue weighted by molar-refractivity contribution is 7.88. The summed E-state index contributed by atoms with van der Waals surface area (Å²) in [7, 11) is -3.17. The fraction of sp³-hybridized carbons (Fsp3) is 0.789. The number of aryl methyl sites for hydroxylation is 1. The third-order valence-electron chi connectivity index (χ3n) is 6.03. The maximum absolute atomic E-state index is 12.6. The van der Waals surface area contributed by atoms with Crippen LogP contribution in [0.5, 0.6) is 0 Å². The molecule has 1 N–H and O–H groups in total. The number of hydrogen-bond donors (Lipinski definition) is 1. The molecule has 2 aliphatic heterocycles. The third-order valence-corrected chi connectivity index (χ3v) is 7.30. The van der Waals surface area contributed by atoms with E-state index in [2.05, 4.69) is 15.3 Å². The minimum Gasteiger partial charge on any atom is -0.381 e. The van der Waals surface area contributed by atoms with Gasteiger partial charge in [-0.2, -0.15) is 5.10 Å². The average molecular weight is 428 g/mol. The molecule has 1 aromatic rings. The van der Waals surface area contributed by atoms with Crippen LogP contribution in [0.15, 0.2) is 6.20 Å². The lowest BCUT2D eigenvalue weighted by Crippen LogP contribution is -2.50. The van der Waals surface area contributed by atoms with Gasteiger partial charge in [0, 0.05) is 63.7 Å². The van der Waals surface area contributed by atoms with Crippen molar-refractivity contribution in [2.75, 3.05) is 45.6 Å². The number of nitrogens with one attached hydrogen (secondary N) is 1. The Morgan fingerprint density at radius 2 is 2.03 bits per heavy atom. The predicted octanol–water partition coefficient (Wildman–Crippen LogP) is 0.456. The molecule has 0 spiro atoms. The van der Waals surface area contributed by atoms with Gasteiger partial charge in [0.1, 0.15) is 0 Å². The van der Waals surface area contributed by atoms with Gasteiger partial charge in [-0.1, -0.05) is 0 Å². The van der Waals surface area contributed by atoms with Crippen molar-refractivity contribution in [2.45, 2.75) is 51.7 Å². The highest BCUT2D eigenvalue weighted by Crippen LogP contribution is 2.24. The van der Waals surface area contributed by atoms with Gasteiger partial charge in [-0.15, -0.1) is 0 Å². The molecule has 0 saturated carbocycles. The largest absolute Gasteiger partial charge is 0.381 e. The van der Waals surface area contributed by atoms with E-state index in [4.69, 9.17) is 4.74 Å². The van der Waals surface area contributed by atoms with Crippen molar-refractivity contribution in [3.8, 4) is 0 Å². The van der Waals surface area contributed by atoms with Gasteiger partial charge in [0.2, 0.25) is 10.0 Å². The molecule has 0 bridgehead atoms. The van der Waals surface area contributed by atoms with Crippen molar-refractivity contribution >= 4 is 15.9 Å². The summed E-state index contributed by atoms with van der Waals surface area (Å²) in [5, 5.41) is 7.25. The van der Waals surface area contributed by atoms with Gasteiger partial charge in [0.05, 0.1) is 18.0 Å². The summed E-state index contributed by atoms with van der Waals surface area (Å²) in [6, 6.07) is 0.532. The Morgan fingerprint density at radius 3 is 2.62 bits per heavy atom. The molecule has 2 saturated heterocycles. The van der Waals surface area contributed by atoms with Gasteiger partial charge in [-0.3, -0.25) is 14.4 Å². The zero-order chi connectivity index (χ0) is 21.0. The topological polar surface area (TPSA) is 96.8 Å². The van der Waals surface area contributed by atoms with E-state index < -0.39 is 10.0 Å². The van der Waals surface area contributed by atoms with Gasteiger partial charge in [-0.05, 0) is 33.1 Å². The number of sulfonamides is 1. The molecule has 164 valence electrons. The SMILES string of the molecule is CCn1ncc(C(=O)NCCN(C2CCOCC2)C2CCN(S(C)(=O)=O)C2)c1C. The van der Waals surface area contributed by atoms with E-state index in [-0.39, 0.29) is 11.9 Å². The van der Waals surface area contributed by atoms with Gasteiger partial charge in [0.25, 0.3) is 5.91 Å². The second-order valence-corrected chi connectivity index (χ2v) is 9.84. The molecule has 1 aromatic heterocycles. The first-order chi connectivity index (χ1) is 13.8. The first-order valence-electron chi connectivity index (χ1n) is 10.4. The van der Waals surface area contributed by atoms with Gasteiger partial charge >= 0.3 is 0 Å². The molecule has 0 aromatic carbocycles. The van der Waals surface area contributed by atoms with E-state index in [1.807, 2.05) is 18.5 Å². The highest BCUT2D eigenvalue weighted by Gasteiger charge is 2.35. The van der Waals surface area contributed by atoms with Crippen molar-refractivity contribution < 1.29 is 17.9 Å². The van der Waals surface area contributed by atoms with Crippen molar-refractivity contribution in [1.82, 2.24) is 24.3 Å². The third kappa shape index (κ3) is 5.36. The van der Waals surface area contributed by atoms with Crippen LogP contribution in [-0.4, -0.2) is 91.0 Å². The molecule has 2 aliphatic rings. The molecule has 2 fully saturated rings. The van der Waals surface area contributed by atoms with Crippen molar-refractivity contribution in [1.29, 1.82) is 0 Å². The van der Waals surface area contributed by atoms with Crippen LogP contribution in [0, 0.1) is 6.92 Å². The van der Waals surface area contributed by atoms with Gasteiger partial charge < -0.3 is 10.1 Å². The Hall–Kier alpha value is -1.49. The summed E-state index contributed by atoms with van der Waals surface area (Å²) >= 11 is 0. The predicted molar refractivity (Wildman–Crippen MR) is 110 cm³/mol. The number of ether oxygens (including phenoxy) is 1. The molecule has 1 amide bonds. The second kappa shape index (κ2) is 9.55. The van der Waals surface area contributed by atoms with E-state index >= 15 is 0 Å². The number of aromatic nitrogens is 2. The monoisotopic (exact) mass is 427 g/mol. The normalized spacial score (nSPS) is 21.7. The first-order valence-corrected chi connectivity index (χ1v) is 12.2. The average Bonchev–Trinajstić information content (AvgIpc) is 3.32. The summed E-state index contributed by atoms with van der Waals surface area (Å²) in [5.41, 5.74) is 1.47. The summed E-state index contributed by atoms with van der Waals surface area (Å²) in [6.45, 7) is 8.37. The number of rotatable bonds is 8. The Bertz CT molecular complexity index is 804. The van der Waals surface area contributed by atoms with Crippen LogP contribution in [0.2, 0.25) is 0 Å². The van der Waals surface area contributed by atoms with Crippen LogP contribution >= 0.6 is 0 Å². The molecular weight excluding hydrogens is 394 g/mol. The van der Waals surface area contributed by atoms with Crippen LogP contribution < -0.4 is 5.32 Å². The summed E-state index contributed by atoms with van der Waals surface area (Å²) in [6.07, 6.45) is 5.58. The van der Waals surface area contributed by atoms with E-state index in [0.717, 1.165) is 44.7 Å². The molecule has 0 radical (unpaired) electrons. The molecule has 3 heterocycles. The molecule has 29 heavy (non-hydrogen) atoms. The van der Waals surface area contributed by atoms with Crippen molar-refractivity contribution in [3.05, 3.63) is 17.5 Å². The maximum Gasteiger partial charge on any atom is 0.254 e. The summed E-state index contributed by atoms with van der Waals surface area (Å²) in [5.74, 6) is -0.113. The lowest BCUT2D eigenvalue weighted by atomic mass is 10.0. The fourth-order valence-corrected chi connectivity index (χ4v) is 5.22. The smallest absolute Gasteiger partial charge is 0.254 e. The van der Waals surface area contributed by atoms with Crippen LogP contribution in [-0.2, 0) is 21.3 Å². The first kappa shape index (κ1) is 22.2. The molecular formula is C19H33N5O4S. The maximum atomic E-state index is 12.6. The van der Waals surface area contributed by atoms with E-state index in [1.165, 1.54) is 6.26 Å². The molecule has 3 rings (SSSR count). The lowest BCUT2D eigenvalue weighted by Gasteiger charge is -2.38. The van der Waals surface area contributed by atoms with Gasteiger partial charge in [0.15, 0.2) is 0 Å². The van der Waals surface area contributed by atoms with Crippen LogP contribution in [0.25, 0.3) is 0 Å². The lowest BCUT2D eigenvalue weighted by molar-refractivity contribution is 0.0194. The van der Waals surface area contributed by atoms with Crippen LogP contribution in [0.1, 0.15) is 42.2 Å². The fourth-order valence-electron chi connectivity index (χ4n) is 4.34. The zero-order valence-corrected chi connectivity index (χ0v) is 18.4. The van der Waals surface area contributed by atoms with Crippen LogP contribution in [0.3, 0.4) is 0 Å². The second-order valence-electron chi connectivity index (χ2n) is 7.86. The number of carbonyl (C=O) groups excluding carboxylic acids is 1. The molecule has 1 atom stereocenters. The van der Waals surface area contributed by atoms with Gasteiger partial charge in [-0.25, -0.2) is 12.7 Å². The van der Waals surface area contributed by atoms with Crippen LogP contribution in [0.4, 0.5) is 0 Å². The van der Waals surface area contributed by atoms with E-state index in [9.17, 15) is 13.2 Å². The number of amides is 1. The Kier molecular flexibility index (Phi) is 7.31. The highest BCUT2D eigenvalue weighted by atomic mass is 32.2. The summed E-state index contributed by atoms with van der Waals surface area (Å²) < 4.78 is 32.7. The number of nitrogens with zero attached hydrogens (tertiary/aromatic N) is 4. The molecule has 0 aliphatic carbocycles. The minimum atomic E-state index is -3.17. The standard InChI is InChI=1S/C19H33N5O4S/c1-4-24-15(2)18(13-21-24)19(25)20-8-10-23(16-6-11-28-12-7-16)17-5-9-22(14-17)29(3,26)27/h13,16-17H,4-12,14H2,1-3H3,(H,20,25). The quantitative estimate of drug-likeness (QED) is 0.647. The Balaban J connectivity index is 1.61. The number of carbonyl (C=O) groups is 1. The van der Waals surface area contributed by atoms with E-state index in [1.54, 1.807) is 10.5 Å². The molecule has 1 unspecified atom stereocenters. The number of hydrogen-bond acceptors (Lipinski definition) is 6. The minimum absolute atomic E-state index is 0.113. The van der Waals surface area contributed by atoms with Crippen molar-refractivity contribution in [3.63, 3.8) is 0 Å². The molecule has 10 heteroatoms. The van der Waals surface area contributed by atoms with E-state index in [0.29, 0.717) is 37.8 Å². The van der Waals surface area contributed by atoms with Crippen molar-refractivity contribution in [2.24, 2.45) is 0 Å². The molecule has 9 nitrogen and oxygen atoms in total. The zero-order valence-electron chi connectivity index (χ0n) is 17.6.